The highest BCUT2D eigenvalue weighted by molar-refractivity contribution is 7.99. The van der Waals surface area contributed by atoms with E-state index in [4.69, 9.17) is 5.11 Å². The normalized spacial score (nSPS) is 29.5. The lowest BCUT2D eigenvalue weighted by Gasteiger charge is -2.45. The first kappa shape index (κ1) is 10.4. The summed E-state index contributed by atoms with van der Waals surface area (Å²) >= 11 is 1.77. The summed E-state index contributed by atoms with van der Waals surface area (Å²) in [5.41, 5.74) is 0. The minimum absolute atomic E-state index is 0.297. The van der Waals surface area contributed by atoms with Crippen LogP contribution in [0.3, 0.4) is 0 Å². The van der Waals surface area contributed by atoms with Gasteiger partial charge >= 0.3 is 0 Å². The summed E-state index contributed by atoms with van der Waals surface area (Å²) < 4.78 is 0. The van der Waals surface area contributed by atoms with Crippen LogP contribution in [0, 0.1) is 0 Å². The van der Waals surface area contributed by atoms with Crippen molar-refractivity contribution in [2.24, 2.45) is 0 Å². The fourth-order valence-electron chi connectivity index (χ4n) is 1.78. The van der Waals surface area contributed by atoms with Crippen molar-refractivity contribution in [3.8, 4) is 0 Å². The highest BCUT2D eigenvalue weighted by atomic mass is 32.2. The van der Waals surface area contributed by atoms with Crippen LogP contribution in [0.5, 0.6) is 0 Å². The van der Waals surface area contributed by atoms with Crippen LogP contribution in [-0.4, -0.2) is 46.7 Å². The molecule has 0 amide bonds. The third-order valence-electron chi connectivity index (χ3n) is 2.92. The summed E-state index contributed by atoms with van der Waals surface area (Å²) in [6, 6.07) is 1.25. The second kappa shape index (κ2) is 4.49. The summed E-state index contributed by atoms with van der Waals surface area (Å²) in [6.45, 7) is 5.98. The van der Waals surface area contributed by atoms with Gasteiger partial charge in [-0.3, -0.25) is 4.90 Å². The van der Waals surface area contributed by atoms with E-state index in [0.717, 1.165) is 6.04 Å². The monoisotopic (exact) mass is 189 g/mol. The standard InChI is InChI=1S/C9H19NOS/c1-7-4-5-10(7)8(2)9(6-11)12-3/h7-9,11H,4-6H2,1-3H3. The molecule has 1 heterocycles. The molecule has 1 N–H and O–H groups in total. The van der Waals surface area contributed by atoms with Crippen LogP contribution in [-0.2, 0) is 0 Å². The number of hydrogen-bond acceptors (Lipinski definition) is 3. The van der Waals surface area contributed by atoms with Crippen molar-refractivity contribution in [1.82, 2.24) is 4.90 Å². The number of rotatable bonds is 4. The van der Waals surface area contributed by atoms with Crippen molar-refractivity contribution in [2.75, 3.05) is 19.4 Å². The van der Waals surface area contributed by atoms with E-state index in [-0.39, 0.29) is 0 Å². The van der Waals surface area contributed by atoms with Crippen LogP contribution in [0.1, 0.15) is 20.3 Å². The molecule has 0 aliphatic carbocycles. The summed E-state index contributed by atoms with van der Waals surface area (Å²) in [5, 5.41) is 9.49. The molecule has 0 spiro atoms. The number of hydrogen-bond donors (Lipinski definition) is 1. The van der Waals surface area contributed by atoms with Gasteiger partial charge in [-0.2, -0.15) is 11.8 Å². The average molecular weight is 189 g/mol. The van der Waals surface area contributed by atoms with Gasteiger partial charge in [0.1, 0.15) is 0 Å². The van der Waals surface area contributed by atoms with Gasteiger partial charge in [-0.15, -0.1) is 0 Å². The van der Waals surface area contributed by atoms with Crippen LogP contribution < -0.4 is 0 Å². The highest BCUT2D eigenvalue weighted by Gasteiger charge is 2.31. The Kier molecular flexibility index (Phi) is 3.87. The molecule has 1 aliphatic rings. The molecule has 3 unspecified atom stereocenters. The molecule has 0 aromatic carbocycles. The van der Waals surface area contributed by atoms with Crippen LogP contribution in [0.15, 0.2) is 0 Å². The van der Waals surface area contributed by atoms with Crippen LogP contribution in [0.25, 0.3) is 0 Å². The Morgan fingerprint density at radius 1 is 1.67 bits per heavy atom. The van der Waals surface area contributed by atoms with E-state index in [0.29, 0.717) is 17.9 Å². The van der Waals surface area contributed by atoms with Crippen molar-refractivity contribution >= 4 is 11.8 Å². The Morgan fingerprint density at radius 3 is 2.58 bits per heavy atom. The molecule has 0 radical (unpaired) electrons. The minimum Gasteiger partial charge on any atom is -0.395 e. The molecule has 72 valence electrons. The lowest BCUT2D eigenvalue weighted by molar-refractivity contribution is 0.0518. The molecule has 12 heavy (non-hydrogen) atoms. The van der Waals surface area contributed by atoms with Gasteiger partial charge in [0, 0.05) is 23.9 Å². The Morgan fingerprint density at radius 2 is 2.33 bits per heavy atom. The van der Waals surface area contributed by atoms with E-state index in [1.54, 1.807) is 11.8 Å². The van der Waals surface area contributed by atoms with E-state index >= 15 is 0 Å². The van der Waals surface area contributed by atoms with Gasteiger partial charge in [-0.1, -0.05) is 0 Å². The van der Waals surface area contributed by atoms with E-state index in [1.165, 1.54) is 13.0 Å². The zero-order valence-electron chi connectivity index (χ0n) is 8.16. The predicted molar refractivity (Wildman–Crippen MR) is 54.6 cm³/mol. The summed E-state index contributed by atoms with van der Waals surface area (Å²) in [5.74, 6) is 0. The maximum absolute atomic E-state index is 9.10. The molecule has 1 fully saturated rings. The highest BCUT2D eigenvalue weighted by Crippen LogP contribution is 2.25. The molecule has 0 aromatic rings. The minimum atomic E-state index is 0.297. The van der Waals surface area contributed by atoms with Gasteiger partial charge in [-0.05, 0) is 26.5 Å². The summed E-state index contributed by atoms with van der Waals surface area (Å²) in [7, 11) is 0. The third-order valence-corrected chi connectivity index (χ3v) is 4.06. The van der Waals surface area contributed by atoms with Crippen LogP contribution in [0.2, 0.25) is 0 Å². The van der Waals surface area contributed by atoms with Crippen molar-refractivity contribution in [3.63, 3.8) is 0 Å². The maximum Gasteiger partial charge on any atom is 0.0565 e. The largest absolute Gasteiger partial charge is 0.395 e. The molecular weight excluding hydrogens is 170 g/mol. The van der Waals surface area contributed by atoms with Crippen LogP contribution >= 0.6 is 11.8 Å². The second-order valence-corrected chi connectivity index (χ2v) is 4.65. The first-order valence-electron chi connectivity index (χ1n) is 4.60. The zero-order chi connectivity index (χ0) is 9.14. The smallest absolute Gasteiger partial charge is 0.0565 e. The molecule has 2 nitrogen and oxygen atoms in total. The van der Waals surface area contributed by atoms with Gasteiger partial charge in [-0.25, -0.2) is 0 Å². The fourth-order valence-corrected chi connectivity index (χ4v) is 2.48. The Balaban J connectivity index is 2.39. The van der Waals surface area contributed by atoms with Crippen molar-refractivity contribution in [2.45, 2.75) is 37.6 Å². The predicted octanol–water partition coefficient (Wildman–Crippen LogP) is 1.19. The van der Waals surface area contributed by atoms with E-state index in [2.05, 4.69) is 25.0 Å². The summed E-state index contributed by atoms with van der Waals surface area (Å²) in [4.78, 5) is 2.47. The lowest BCUT2D eigenvalue weighted by Crippen LogP contribution is -2.54. The molecular formula is C9H19NOS. The first-order chi connectivity index (χ1) is 5.70. The number of thioether (sulfide) groups is 1. The SMILES string of the molecule is CSC(CO)C(C)N1CCC1C. The second-order valence-electron chi connectivity index (χ2n) is 3.57. The topological polar surface area (TPSA) is 23.5 Å². The van der Waals surface area contributed by atoms with Gasteiger partial charge < -0.3 is 5.11 Å². The fraction of sp³-hybridized carbons (Fsp3) is 1.00. The quantitative estimate of drug-likeness (QED) is 0.718. The maximum atomic E-state index is 9.10. The van der Waals surface area contributed by atoms with Crippen LogP contribution in [0.4, 0.5) is 0 Å². The number of likely N-dealkylation sites (tertiary alicyclic amines) is 1. The number of aliphatic hydroxyl groups is 1. The van der Waals surface area contributed by atoms with E-state index in [1.807, 2.05) is 0 Å². The third kappa shape index (κ3) is 1.95. The Hall–Kier alpha value is 0.270. The van der Waals surface area contributed by atoms with E-state index < -0.39 is 0 Å². The lowest BCUT2D eigenvalue weighted by atomic mass is 10.0. The molecule has 1 rings (SSSR count). The molecule has 1 aliphatic heterocycles. The Bertz CT molecular complexity index is 134. The van der Waals surface area contributed by atoms with Crippen molar-refractivity contribution in [3.05, 3.63) is 0 Å². The molecule has 0 aromatic heterocycles. The van der Waals surface area contributed by atoms with E-state index in [9.17, 15) is 0 Å². The molecule has 1 saturated heterocycles. The van der Waals surface area contributed by atoms with Gasteiger partial charge in [0.05, 0.1) is 6.61 Å². The summed E-state index contributed by atoms with van der Waals surface area (Å²) in [6.07, 6.45) is 3.39. The average Bonchev–Trinajstić information content (AvgIpc) is 2.04. The molecule has 3 atom stereocenters. The molecule has 0 bridgehead atoms. The number of nitrogens with zero attached hydrogens (tertiary/aromatic N) is 1. The number of aliphatic hydroxyl groups excluding tert-OH is 1. The molecule has 0 saturated carbocycles. The Labute approximate surface area is 79.3 Å². The van der Waals surface area contributed by atoms with Gasteiger partial charge in [0.15, 0.2) is 0 Å². The first-order valence-corrected chi connectivity index (χ1v) is 5.89. The zero-order valence-corrected chi connectivity index (χ0v) is 8.97. The van der Waals surface area contributed by atoms with Gasteiger partial charge in [0.25, 0.3) is 0 Å². The van der Waals surface area contributed by atoms with Crippen molar-refractivity contribution < 1.29 is 5.11 Å². The van der Waals surface area contributed by atoms with Gasteiger partial charge in [0.2, 0.25) is 0 Å². The van der Waals surface area contributed by atoms with Crippen molar-refractivity contribution in [1.29, 1.82) is 0 Å². The molecule has 3 heteroatoms.